The SMILES string of the molecule is Cc1cc(C)c(C)c(OC(C)C(=O)Nc2ccc(S(=O)(=O)Nc3ccccn3)cc2)c1. The minimum atomic E-state index is -3.78. The first-order valence-corrected chi connectivity index (χ1v) is 11.2. The lowest BCUT2D eigenvalue weighted by molar-refractivity contribution is -0.122. The molecule has 1 amide bonds. The fourth-order valence-corrected chi connectivity index (χ4v) is 3.96. The monoisotopic (exact) mass is 439 g/mol. The van der Waals surface area contributed by atoms with Gasteiger partial charge in [-0.2, -0.15) is 0 Å². The van der Waals surface area contributed by atoms with Crippen LogP contribution >= 0.6 is 0 Å². The van der Waals surface area contributed by atoms with E-state index in [4.69, 9.17) is 4.74 Å². The molecule has 3 aromatic rings. The van der Waals surface area contributed by atoms with E-state index in [-0.39, 0.29) is 16.6 Å². The van der Waals surface area contributed by atoms with E-state index in [0.717, 1.165) is 16.7 Å². The first-order chi connectivity index (χ1) is 14.7. The third-order valence-electron chi connectivity index (χ3n) is 4.77. The summed E-state index contributed by atoms with van der Waals surface area (Å²) in [6, 6.07) is 14.8. The molecule has 0 aliphatic heterocycles. The Morgan fingerprint density at radius 3 is 2.39 bits per heavy atom. The number of rotatable bonds is 7. The highest BCUT2D eigenvalue weighted by Gasteiger charge is 2.18. The Balaban J connectivity index is 1.66. The van der Waals surface area contributed by atoms with Crippen LogP contribution in [0.4, 0.5) is 11.5 Å². The predicted octanol–water partition coefficient (Wildman–Crippen LogP) is 4.21. The summed E-state index contributed by atoms with van der Waals surface area (Å²) in [6.07, 6.45) is 0.772. The lowest BCUT2D eigenvalue weighted by Crippen LogP contribution is -2.30. The Bertz CT molecular complexity index is 1180. The van der Waals surface area contributed by atoms with Crippen molar-refractivity contribution in [1.82, 2.24) is 4.98 Å². The number of carbonyl (C=O) groups excluding carboxylic acids is 1. The number of nitrogens with one attached hydrogen (secondary N) is 2. The summed E-state index contributed by atoms with van der Waals surface area (Å²) in [7, 11) is -3.78. The normalized spacial score (nSPS) is 12.1. The van der Waals surface area contributed by atoms with Crippen LogP contribution in [0.3, 0.4) is 0 Å². The number of ether oxygens (including phenoxy) is 1. The molecule has 0 fully saturated rings. The van der Waals surface area contributed by atoms with E-state index in [2.05, 4.69) is 21.1 Å². The topological polar surface area (TPSA) is 97.4 Å². The molecule has 162 valence electrons. The van der Waals surface area contributed by atoms with Gasteiger partial charge in [-0.1, -0.05) is 12.1 Å². The maximum atomic E-state index is 12.5. The van der Waals surface area contributed by atoms with Gasteiger partial charge in [0.05, 0.1) is 4.90 Å². The molecule has 0 radical (unpaired) electrons. The Labute approximate surface area is 182 Å². The number of anilines is 2. The van der Waals surface area contributed by atoms with E-state index in [9.17, 15) is 13.2 Å². The Kier molecular flexibility index (Phi) is 6.60. The van der Waals surface area contributed by atoms with Gasteiger partial charge in [-0.15, -0.1) is 0 Å². The van der Waals surface area contributed by atoms with Crippen molar-refractivity contribution in [1.29, 1.82) is 0 Å². The molecule has 0 spiro atoms. The molecule has 2 aromatic carbocycles. The molecule has 8 heteroatoms. The van der Waals surface area contributed by atoms with Gasteiger partial charge in [0.1, 0.15) is 11.6 Å². The van der Waals surface area contributed by atoms with Crippen molar-refractivity contribution in [2.75, 3.05) is 10.0 Å². The minimum absolute atomic E-state index is 0.0614. The highest BCUT2D eigenvalue weighted by Crippen LogP contribution is 2.25. The van der Waals surface area contributed by atoms with Crippen LogP contribution in [0.2, 0.25) is 0 Å². The van der Waals surface area contributed by atoms with E-state index in [1.54, 1.807) is 25.1 Å². The number of sulfonamides is 1. The first-order valence-electron chi connectivity index (χ1n) is 9.75. The van der Waals surface area contributed by atoms with Gasteiger partial charge in [-0.25, -0.2) is 13.4 Å². The molecular weight excluding hydrogens is 414 g/mol. The first kappa shape index (κ1) is 22.3. The van der Waals surface area contributed by atoms with Gasteiger partial charge in [-0.3, -0.25) is 9.52 Å². The van der Waals surface area contributed by atoms with E-state index in [1.165, 1.54) is 30.5 Å². The van der Waals surface area contributed by atoms with Crippen LogP contribution in [0.25, 0.3) is 0 Å². The molecule has 7 nitrogen and oxygen atoms in total. The van der Waals surface area contributed by atoms with Gasteiger partial charge in [0.2, 0.25) is 0 Å². The zero-order chi connectivity index (χ0) is 22.6. The number of aromatic nitrogens is 1. The molecule has 3 rings (SSSR count). The number of carbonyl (C=O) groups is 1. The van der Waals surface area contributed by atoms with Gasteiger partial charge in [0, 0.05) is 11.9 Å². The number of hydrogen-bond donors (Lipinski definition) is 2. The number of aryl methyl sites for hydroxylation is 2. The smallest absolute Gasteiger partial charge is 0.265 e. The Morgan fingerprint density at radius 1 is 1.03 bits per heavy atom. The van der Waals surface area contributed by atoms with Crippen LogP contribution in [0.15, 0.2) is 65.7 Å². The maximum absolute atomic E-state index is 12.5. The van der Waals surface area contributed by atoms with E-state index < -0.39 is 16.1 Å². The van der Waals surface area contributed by atoms with E-state index >= 15 is 0 Å². The minimum Gasteiger partial charge on any atom is -0.481 e. The molecule has 0 bridgehead atoms. The molecule has 31 heavy (non-hydrogen) atoms. The summed E-state index contributed by atoms with van der Waals surface area (Å²) in [6.45, 7) is 7.59. The van der Waals surface area contributed by atoms with Crippen molar-refractivity contribution < 1.29 is 17.9 Å². The fraction of sp³-hybridized carbons (Fsp3) is 0.217. The highest BCUT2D eigenvalue weighted by molar-refractivity contribution is 7.92. The van der Waals surface area contributed by atoms with Gasteiger partial charge in [0.15, 0.2) is 6.10 Å². The van der Waals surface area contributed by atoms with Crippen LogP contribution in [0.5, 0.6) is 5.75 Å². The highest BCUT2D eigenvalue weighted by atomic mass is 32.2. The summed E-state index contributed by atoms with van der Waals surface area (Å²) < 4.78 is 33.2. The molecule has 0 saturated carbocycles. The zero-order valence-electron chi connectivity index (χ0n) is 17.8. The third kappa shape index (κ3) is 5.61. The van der Waals surface area contributed by atoms with Crippen LogP contribution in [-0.4, -0.2) is 25.4 Å². The van der Waals surface area contributed by atoms with E-state index in [1.807, 2.05) is 26.8 Å². The number of amides is 1. The lowest BCUT2D eigenvalue weighted by atomic mass is 10.1. The quantitative estimate of drug-likeness (QED) is 0.575. The molecular formula is C23H25N3O4S. The summed E-state index contributed by atoms with van der Waals surface area (Å²) >= 11 is 0. The molecule has 0 aliphatic rings. The molecule has 1 aromatic heterocycles. The second-order valence-corrected chi connectivity index (χ2v) is 8.98. The Morgan fingerprint density at radius 2 is 1.74 bits per heavy atom. The molecule has 2 N–H and O–H groups in total. The van der Waals surface area contributed by atoms with Crippen LogP contribution in [-0.2, 0) is 14.8 Å². The van der Waals surface area contributed by atoms with Gasteiger partial charge < -0.3 is 10.1 Å². The van der Waals surface area contributed by atoms with Crippen LogP contribution in [0.1, 0.15) is 23.6 Å². The molecule has 1 unspecified atom stereocenters. The van der Waals surface area contributed by atoms with E-state index in [0.29, 0.717) is 11.4 Å². The average molecular weight is 440 g/mol. The Hall–Kier alpha value is -3.39. The third-order valence-corrected chi connectivity index (χ3v) is 6.14. The molecule has 0 aliphatic carbocycles. The van der Waals surface area contributed by atoms with Gasteiger partial charge >= 0.3 is 0 Å². The fourth-order valence-electron chi connectivity index (χ4n) is 2.95. The van der Waals surface area contributed by atoms with Crippen molar-refractivity contribution in [3.8, 4) is 5.75 Å². The van der Waals surface area contributed by atoms with Crippen molar-refractivity contribution in [2.24, 2.45) is 0 Å². The standard InChI is InChI=1S/C23H25N3O4S/c1-15-13-16(2)17(3)21(14-15)30-18(4)23(27)25-19-8-10-20(11-9-19)31(28,29)26-22-7-5-6-12-24-22/h5-14,18H,1-4H3,(H,24,26)(H,25,27). The summed E-state index contributed by atoms with van der Waals surface area (Å²) in [5, 5.41) is 2.75. The van der Waals surface area contributed by atoms with Crippen molar-refractivity contribution in [3.63, 3.8) is 0 Å². The molecule has 1 heterocycles. The second kappa shape index (κ2) is 9.18. The largest absolute Gasteiger partial charge is 0.481 e. The molecule has 1 atom stereocenters. The number of nitrogens with zero attached hydrogens (tertiary/aromatic N) is 1. The number of hydrogen-bond acceptors (Lipinski definition) is 5. The summed E-state index contributed by atoms with van der Waals surface area (Å²) in [5.41, 5.74) is 3.61. The maximum Gasteiger partial charge on any atom is 0.265 e. The zero-order valence-corrected chi connectivity index (χ0v) is 18.7. The van der Waals surface area contributed by atoms with Crippen molar-refractivity contribution in [2.45, 2.75) is 38.7 Å². The second-order valence-electron chi connectivity index (χ2n) is 7.30. The predicted molar refractivity (Wildman–Crippen MR) is 121 cm³/mol. The van der Waals surface area contributed by atoms with Crippen molar-refractivity contribution >= 4 is 27.4 Å². The summed E-state index contributed by atoms with van der Waals surface area (Å²) in [5.74, 6) is 0.565. The summed E-state index contributed by atoms with van der Waals surface area (Å²) in [4.78, 5) is 16.6. The lowest BCUT2D eigenvalue weighted by Gasteiger charge is -2.18. The average Bonchev–Trinajstić information content (AvgIpc) is 2.72. The van der Waals surface area contributed by atoms with Gasteiger partial charge in [0.25, 0.3) is 15.9 Å². The van der Waals surface area contributed by atoms with Crippen LogP contribution < -0.4 is 14.8 Å². The van der Waals surface area contributed by atoms with Crippen LogP contribution in [0, 0.1) is 20.8 Å². The van der Waals surface area contributed by atoms with Crippen molar-refractivity contribution in [3.05, 3.63) is 77.5 Å². The number of benzene rings is 2. The molecule has 0 saturated heterocycles. The van der Waals surface area contributed by atoms with Gasteiger partial charge in [-0.05, 0) is 86.8 Å². The number of pyridine rings is 1.